The highest BCUT2D eigenvalue weighted by Gasteiger charge is 2.21. The van der Waals surface area contributed by atoms with Gasteiger partial charge in [-0.15, -0.1) is 0 Å². The Kier molecular flexibility index (Phi) is 4.83. The van der Waals surface area contributed by atoms with Gasteiger partial charge in [0, 0.05) is 11.8 Å². The van der Waals surface area contributed by atoms with Gasteiger partial charge in [-0.1, -0.05) is 0 Å². The summed E-state index contributed by atoms with van der Waals surface area (Å²) in [7, 11) is 1.55. The second kappa shape index (κ2) is 6.80. The number of aryl methyl sites for hydroxylation is 1. The molecule has 0 aliphatic heterocycles. The molecule has 0 fully saturated rings. The topological polar surface area (TPSA) is 78.4 Å². The van der Waals surface area contributed by atoms with Gasteiger partial charge >= 0.3 is 5.97 Å². The van der Waals surface area contributed by atoms with Crippen LogP contribution >= 0.6 is 0 Å². The first-order valence-electron chi connectivity index (χ1n) is 6.69. The van der Waals surface area contributed by atoms with Crippen molar-refractivity contribution in [2.24, 2.45) is 0 Å². The van der Waals surface area contributed by atoms with E-state index < -0.39 is 12.1 Å². The number of benzene rings is 1. The number of carbonyl (C=O) groups is 2. The lowest BCUT2D eigenvalue weighted by Gasteiger charge is -2.12. The van der Waals surface area contributed by atoms with Crippen molar-refractivity contribution in [2.75, 3.05) is 7.11 Å². The van der Waals surface area contributed by atoms with Crippen molar-refractivity contribution in [3.8, 4) is 5.75 Å². The molecular formula is C16H16N2O4. The van der Waals surface area contributed by atoms with Crippen LogP contribution in [0.2, 0.25) is 0 Å². The molecule has 0 bridgehead atoms. The van der Waals surface area contributed by atoms with Gasteiger partial charge in [0.25, 0.3) is 0 Å². The Hall–Kier alpha value is -2.76. The molecule has 1 aromatic carbocycles. The van der Waals surface area contributed by atoms with Gasteiger partial charge in [0.1, 0.15) is 5.75 Å². The maximum Gasteiger partial charge on any atom is 0.359 e. The minimum Gasteiger partial charge on any atom is -0.497 e. The van der Waals surface area contributed by atoms with E-state index in [1.807, 2.05) is 0 Å². The number of Topliss-reactive ketones (excluding diaryl/α,β-unsaturated/α-hetero) is 1. The van der Waals surface area contributed by atoms with Gasteiger partial charge in [0.15, 0.2) is 11.8 Å². The van der Waals surface area contributed by atoms with Crippen molar-refractivity contribution in [3.63, 3.8) is 0 Å². The summed E-state index contributed by atoms with van der Waals surface area (Å²) < 4.78 is 10.2. The zero-order valence-electron chi connectivity index (χ0n) is 12.6. The molecule has 1 atom stereocenters. The van der Waals surface area contributed by atoms with E-state index in [0.717, 1.165) is 0 Å². The predicted molar refractivity (Wildman–Crippen MR) is 79.0 cm³/mol. The van der Waals surface area contributed by atoms with Crippen LogP contribution in [0.4, 0.5) is 0 Å². The molecule has 6 nitrogen and oxygen atoms in total. The van der Waals surface area contributed by atoms with Gasteiger partial charge in [0.05, 0.1) is 19.0 Å². The monoisotopic (exact) mass is 300 g/mol. The molecule has 0 saturated heterocycles. The maximum absolute atomic E-state index is 12.2. The molecule has 0 spiro atoms. The van der Waals surface area contributed by atoms with Crippen molar-refractivity contribution in [1.82, 2.24) is 9.97 Å². The van der Waals surface area contributed by atoms with Crippen LogP contribution in [0.15, 0.2) is 36.7 Å². The quantitative estimate of drug-likeness (QED) is 0.622. The van der Waals surface area contributed by atoms with Gasteiger partial charge in [0.2, 0.25) is 5.78 Å². The molecule has 2 rings (SSSR count). The number of esters is 1. The molecule has 0 aliphatic rings. The largest absolute Gasteiger partial charge is 0.497 e. The molecule has 0 radical (unpaired) electrons. The van der Waals surface area contributed by atoms with E-state index in [0.29, 0.717) is 17.0 Å². The van der Waals surface area contributed by atoms with Crippen LogP contribution in [0.25, 0.3) is 0 Å². The molecule has 0 aliphatic carbocycles. The van der Waals surface area contributed by atoms with Crippen LogP contribution in [0.5, 0.6) is 5.75 Å². The highest BCUT2D eigenvalue weighted by molar-refractivity contribution is 6.01. The van der Waals surface area contributed by atoms with Crippen LogP contribution in [0.3, 0.4) is 0 Å². The number of ketones is 1. The summed E-state index contributed by atoms with van der Waals surface area (Å²) in [5, 5.41) is 0. The Labute approximate surface area is 128 Å². The highest BCUT2D eigenvalue weighted by Crippen LogP contribution is 2.14. The Bertz CT molecular complexity index is 666. The molecule has 6 heteroatoms. The van der Waals surface area contributed by atoms with E-state index in [9.17, 15) is 9.59 Å². The Morgan fingerprint density at radius 2 is 1.77 bits per heavy atom. The van der Waals surface area contributed by atoms with E-state index in [-0.39, 0.29) is 11.5 Å². The van der Waals surface area contributed by atoms with Crippen LogP contribution in [0, 0.1) is 6.92 Å². The first kappa shape index (κ1) is 15.6. The molecule has 114 valence electrons. The smallest absolute Gasteiger partial charge is 0.359 e. The second-order valence-corrected chi connectivity index (χ2v) is 4.68. The van der Waals surface area contributed by atoms with E-state index in [4.69, 9.17) is 9.47 Å². The van der Waals surface area contributed by atoms with Crippen molar-refractivity contribution in [3.05, 3.63) is 53.6 Å². The number of carbonyl (C=O) groups excluding carboxylic acids is 2. The lowest BCUT2D eigenvalue weighted by atomic mass is 10.1. The van der Waals surface area contributed by atoms with Gasteiger partial charge in [-0.25, -0.2) is 9.78 Å². The van der Waals surface area contributed by atoms with Crippen LogP contribution < -0.4 is 4.74 Å². The fourth-order valence-electron chi connectivity index (χ4n) is 1.76. The predicted octanol–water partition coefficient (Wildman–Crippen LogP) is 2.22. The first-order valence-corrected chi connectivity index (χ1v) is 6.69. The Morgan fingerprint density at radius 3 is 2.32 bits per heavy atom. The van der Waals surface area contributed by atoms with Gasteiger partial charge in [-0.3, -0.25) is 9.78 Å². The minimum atomic E-state index is -0.913. The molecule has 2 aromatic rings. The summed E-state index contributed by atoms with van der Waals surface area (Å²) in [6.45, 7) is 3.28. The number of rotatable bonds is 5. The number of hydrogen-bond donors (Lipinski definition) is 0. The number of ether oxygens (including phenoxy) is 2. The molecule has 0 saturated carbocycles. The molecule has 1 aromatic heterocycles. The van der Waals surface area contributed by atoms with E-state index >= 15 is 0 Å². The third-order valence-corrected chi connectivity index (χ3v) is 3.02. The molecule has 1 heterocycles. The van der Waals surface area contributed by atoms with Crippen molar-refractivity contribution in [2.45, 2.75) is 20.0 Å². The second-order valence-electron chi connectivity index (χ2n) is 4.68. The molecule has 22 heavy (non-hydrogen) atoms. The van der Waals surface area contributed by atoms with Gasteiger partial charge < -0.3 is 9.47 Å². The van der Waals surface area contributed by atoms with Crippen molar-refractivity contribution < 1.29 is 19.1 Å². The number of hydrogen-bond acceptors (Lipinski definition) is 6. The first-order chi connectivity index (χ1) is 10.5. The Balaban J connectivity index is 2.03. The molecule has 0 amide bonds. The number of aromatic nitrogens is 2. The highest BCUT2D eigenvalue weighted by atomic mass is 16.5. The average Bonchev–Trinajstić information content (AvgIpc) is 2.54. The maximum atomic E-state index is 12.2. The minimum absolute atomic E-state index is 0.0694. The third-order valence-electron chi connectivity index (χ3n) is 3.02. The fraction of sp³-hybridized carbons (Fsp3) is 0.250. The molecular weight excluding hydrogens is 284 g/mol. The summed E-state index contributed by atoms with van der Waals surface area (Å²) >= 11 is 0. The van der Waals surface area contributed by atoms with E-state index in [2.05, 4.69) is 9.97 Å². The summed E-state index contributed by atoms with van der Waals surface area (Å²) in [5.41, 5.74) is 1.20. The number of nitrogens with zero attached hydrogens (tertiary/aromatic N) is 2. The van der Waals surface area contributed by atoms with E-state index in [1.165, 1.54) is 19.3 Å². The molecule has 0 N–H and O–H groups in total. The van der Waals surface area contributed by atoms with Crippen LogP contribution in [-0.2, 0) is 4.74 Å². The molecule has 0 unspecified atom stereocenters. The lowest BCUT2D eigenvalue weighted by molar-refractivity contribution is 0.0312. The summed E-state index contributed by atoms with van der Waals surface area (Å²) in [4.78, 5) is 32.0. The summed E-state index contributed by atoms with van der Waals surface area (Å²) in [6, 6.07) is 6.59. The van der Waals surface area contributed by atoms with Crippen molar-refractivity contribution in [1.29, 1.82) is 0 Å². The van der Waals surface area contributed by atoms with Gasteiger partial charge in [-0.2, -0.15) is 0 Å². The van der Waals surface area contributed by atoms with Crippen LogP contribution in [-0.4, -0.2) is 34.9 Å². The SMILES string of the molecule is COc1ccc(C(=O)[C@H](C)OC(=O)c2cnc(C)cn2)cc1. The zero-order chi connectivity index (χ0) is 16.1. The summed E-state index contributed by atoms with van der Waals surface area (Å²) in [5.74, 6) is -0.325. The average molecular weight is 300 g/mol. The normalized spacial score (nSPS) is 11.6. The third kappa shape index (κ3) is 3.66. The Morgan fingerprint density at radius 1 is 1.09 bits per heavy atom. The van der Waals surface area contributed by atoms with Gasteiger partial charge in [-0.05, 0) is 38.1 Å². The van der Waals surface area contributed by atoms with Crippen molar-refractivity contribution >= 4 is 11.8 Å². The lowest BCUT2D eigenvalue weighted by Crippen LogP contribution is -2.25. The van der Waals surface area contributed by atoms with Crippen LogP contribution in [0.1, 0.15) is 33.5 Å². The van der Waals surface area contributed by atoms with E-state index in [1.54, 1.807) is 38.3 Å². The fourth-order valence-corrected chi connectivity index (χ4v) is 1.76. The number of methoxy groups -OCH3 is 1. The summed E-state index contributed by atoms with van der Waals surface area (Å²) in [6.07, 6.45) is 1.87. The standard InChI is InChI=1S/C16H16N2O4/c1-10-8-18-14(9-17-10)16(20)22-11(2)15(19)12-4-6-13(21-3)7-5-12/h4-9,11H,1-3H3/t11-/m0/s1. The zero-order valence-corrected chi connectivity index (χ0v) is 12.6.